The minimum Gasteiger partial charge on any atom is -0.507 e. The predicted molar refractivity (Wildman–Crippen MR) is 124 cm³/mol. The number of aliphatic hydroxyl groups excluding tert-OH is 1. The number of carbonyl (C=O) groups is 2. The largest absolute Gasteiger partial charge is 0.507 e. The second kappa shape index (κ2) is 7.70. The van der Waals surface area contributed by atoms with Crippen molar-refractivity contribution in [3.8, 4) is 0 Å². The molecule has 1 atom stereocenters. The third-order valence-electron chi connectivity index (χ3n) is 5.71. The number of hydrogen-bond acceptors (Lipinski definition) is 4. The van der Waals surface area contributed by atoms with E-state index >= 15 is 0 Å². The highest BCUT2D eigenvalue weighted by molar-refractivity contribution is 6.52. The third kappa shape index (κ3) is 3.18. The van der Waals surface area contributed by atoms with Crippen molar-refractivity contribution >= 4 is 45.5 Å². The minimum absolute atomic E-state index is 0.0281. The number of amides is 1. The molecule has 1 aromatic heterocycles. The van der Waals surface area contributed by atoms with Gasteiger partial charge >= 0.3 is 0 Å². The zero-order valence-electron chi connectivity index (χ0n) is 17.1. The van der Waals surface area contributed by atoms with Crippen molar-refractivity contribution < 1.29 is 19.1 Å². The molecule has 1 N–H and O–H groups in total. The first kappa shape index (κ1) is 20.1. The fraction of sp³-hybridized carbons (Fsp3) is 0.0769. The second-order valence-corrected chi connectivity index (χ2v) is 8.11. The van der Waals surface area contributed by atoms with Crippen LogP contribution >= 0.6 is 11.6 Å². The molecule has 4 aromatic rings. The Morgan fingerprint density at radius 2 is 1.75 bits per heavy atom. The Morgan fingerprint density at radius 3 is 2.50 bits per heavy atom. The van der Waals surface area contributed by atoms with Gasteiger partial charge in [-0.1, -0.05) is 54.1 Å². The maximum Gasteiger partial charge on any atom is 0.300 e. The van der Waals surface area contributed by atoms with E-state index in [1.165, 1.54) is 11.2 Å². The molecular weight excluding hydrogens is 426 g/mol. The minimum atomic E-state index is -0.923. The van der Waals surface area contributed by atoms with Crippen molar-refractivity contribution in [2.24, 2.45) is 0 Å². The van der Waals surface area contributed by atoms with Crippen LogP contribution in [0.1, 0.15) is 22.9 Å². The maximum absolute atomic E-state index is 13.2. The number of aliphatic hydroxyl groups is 1. The lowest BCUT2D eigenvalue weighted by molar-refractivity contribution is -0.132. The fourth-order valence-electron chi connectivity index (χ4n) is 4.13. The van der Waals surface area contributed by atoms with E-state index in [4.69, 9.17) is 16.0 Å². The van der Waals surface area contributed by atoms with Gasteiger partial charge in [0.05, 0.1) is 11.8 Å². The Kier molecular flexibility index (Phi) is 4.83. The summed E-state index contributed by atoms with van der Waals surface area (Å²) in [6.07, 6.45) is 1.47. The Balaban J connectivity index is 1.73. The summed E-state index contributed by atoms with van der Waals surface area (Å²) in [7, 11) is 0. The molecule has 6 heteroatoms. The average molecular weight is 444 g/mol. The summed E-state index contributed by atoms with van der Waals surface area (Å²) < 4.78 is 5.60. The molecule has 0 aliphatic carbocycles. The molecule has 1 unspecified atom stereocenters. The molecule has 158 valence electrons. The van der Waals surface area contributed by atoms with Crippen LogP contribution in [-0.2, 0) is 9.59 Å². The average Bonchev–Trinajstić information content (AvgIpc) is 3.42. The van der Waals surface area contributed by atoms with Crippen LogP contribution in [0.25, 0.3) is 16.5 Å². The zero-order chi connectivity index (χ0) is 22.4. The molecule has 0 bridgehead atoms. The number of halogens is 1. The van der Waals surface area contributed by atoms with Gasteiger partial charge in [0.2, 0.25) is 0 Å². The Hall–Kier alpha value is -3.83. The van der Waals surface area contributed by atoms with Gasteiger partial charge in [-0.2, -0.15) is 0 Å². The summed E-state index contributed by atoms with van der Waals surface area (Å²) >= 11 is 6.19. The van der Waals surface area contributed by atoms with E-state index in [0.29, 0.717) is 22.0 Å². The second-order valence-electron chi connectivity index (χ2n) is 7.68. The number of ketones is 1. The number of anilines is 1. The normalized spacial score (nSPS) is 17.9. The molecular formula is C26H18ClNO4. The van der Waals surface area contributed by atoms with E-state index in [9.17, 15) is 14.7 Å². The molecule has 1 saturated heterocycles. The van der Waals surface area contributed by atoms with E-state index < -0.39 is 17.7 Å². The molecule has 0 saturated carbocycles. The van der Waals surface area contributed by atoms with Crippen molar-refractivity contribution in [3.63, 3.8) is 0 Å². The van der Waals surface area contributed by atoms with Crippen LogP contribution in [0.15, 0.2) is 89.0 Å². The van der Waals surface area contributed by atoms with Gasteiger partial charge in [-0.15, -0.1) is 0 Å². The maximum atomic E-state index is 13.2. The lowest BCUT2D eigenvalue weighted by atomic mass is 9.97. The Morgan fingerprint density at radius 1 is 0.969 bits per heavy atom. The van der Waals surface area contributed by atoms with Crippen LogP contribution in [0.5, 0.6) is 0 Å². The third-order valence-corrected chi connectivity index (χ3v) is 5.95. The van der Waals surface area contributed by atoms with Crippen molar-refractivity contribution in [1.82, 2.24) is 0 Å². The number of aryl methyl sites for hydroxylation is 1. The topological polar surface area (TPSA) is 70.8 Å². The quantitative estimate of drug-likeness (QED) is 0.239. The summed E-state index contributed by atoms with van der Waals surface area (Å²) in [5.41, 5.74) is 1.66. The van der Waals surface area contributed by atoms with E-state index in [0.717, 1.165) is 16.3 Å². The summed E-state index contributed by atoms with van der Waals surface area (Å²) in [6, 6.07) is 20.7. The van der Waals surface area contributed by atoms with Crippen molar-refractivity contribution in [2.75, 3.05) is 4.90 Å². The first-order chi connectivity index (χ1) is 15.5. The molecule has 0 spiro atoms. The van der Waals surface area contributed by atoms with Gasteiger partial charge < -0.3 is 9.52 Å². The van der Waals surface area contributed by atoms with Crippen LogP contribution in [0.4, 0.5) is 5.69 Å². The number of hydrogen-bond donors (Lipinski definition) is 1. The standard InChI is InChI=1S/C26H18ClNO4/c1-15-8-11-19(27)14-20(15)28-23(21-7-4-12-32-21)22(25(30)26(28)31)24(29)18-10-9-16-5-2-3-6-17(16)13-18/h2-14,23,29H,1H3/b24-22-. The highest BCUT2D eigenvalue weighted by Gasteiger charge is 2.48. The van der Waals surface area contributed by atoms with E-state index in [2.05, 4.69) is 0 Å². The summed E-state index contributed by atoms with van der Waals surface area (Å²) in [4.78, 5) is 27.7. The van der Waals surface area contributed by atoms with Crippen LogP contribution in [0, 0.1) is 6.92 Å². The predicted octanol–water partition coefficient (Wildman–Crippen LogP) is 6.02. The highest BCUT2D eigenvalue weighted by Crippen LogP contribution is 2.43. The fourth-order valence-corrected chi connectivity index (χ4v) is 4.30. The number of benzene rings is 3. The number of nitrogens with zero attached hydrogens (tertiary/aromatic N) is 1. The van der Waals surface area contributed by atoms with E-state index in [-0.39, 0.29) is 11.3 Å². The molecule has 1 fully saturated rings. The molecule has 5 rings (SSSR count). The van der Waals surface area contributed by atoms with Gasteiger partial charge in [0.1, 0.15) is 17.6 Å². The van der Waals surface area contributed by atoms with Gasteiger partial charge in [0, 0.05) is 16.3 Å². The van der Waals surface area contributed by atoms with E-state index in [1.807, 2.05) is 37.3 Å². The smallest absolute Gasteiger partial charge is 0.300 e. The first-order valence-electron chi connectivity index (χ1n) is 10.1. The van der Waals surface area contributed by atoms with Crippen LogP contribution in [0.2, 0.25) is 5.02 Å². The molecule has 32 heavy (non-hydrogen) atoms. The molecule has 0 radical (unpaired) electrons. The number of rotatable bonds is 3. The number of fused-ring (bicyclic) bond motifs is 1. The number of Topliss-reactive ketones (excluding diaryl/α,β-unsaturated/α-hetero) is 1. The SMILES string of the molecule is Cc1ccc(Cl)cc1N1C(=O)C(=O)/C(=C(\O)c2ccc3ccccc3c2)C1c1ccco1. The zero-order valence-corrected chi connectivity index (χ0v) is 17.8. The monoisotopic (exact) mass is 443 g/mol. The highest BCUT2D eigenvalue weighted by atomic mass is 35.5. The summed E-state index contributed by atoms with van der Waals surface area (Å²) in [5, 5.41) is 13.6. The van der Waals surface area contributed by atoms with Gasteiger partial charge in [0.15, 0.2) is 0 Å². The first-order valence-corrected chi connectivity index (χ1v) is 10.4. The molecule has 3 aromatic carbocycles. The summed E-state index contributed by atoms with van der Waals surface area (Å²) in [5.74, 6) is -1.42. The molecule has 1 aliphatic rings. The van der Waals surface area contributed by atoms with Crippen LogP contribution in [-0.4, -0.2) is 16.8 Å². The van der Waals surface area contributed by atoms with Crippen LogP contribution < -0.4 is 4.90 Å². The van der Waals surface area contributed by atoms with Gasteiger partial charge in [-0.3, -0.25) is 14.5 Å². The number of furan rings is 1. The van der Waals surface area contributed by atoms with Gasteiger partial charge in [-0.05, 0) is 53.6 Å². The Labute approximate surface area is 189 Å². The lowest BCUT2D eigenvalue weighted by Crippen LogP contribution is -2.30. The van der Waals surface area contributed by atoms with Crippen molar-refractivity contribution in [1.29, 1.82) is 0 Å². The van der Waals surface area contributed by atoms with Crippen molar-refractivity contribution in [3.05, 3.63) is 107 Å². The van der Waals surface area contributed by atoms with Gasteiger partial charge in [-0.25, -0.2) is 0 Å². The lowest BCUT2D eigenvalue weighted by Gasteiger charge is -2.25. The molecule has 1 aliphatic heterocycles. The van der Waals surface area contributed by atoms with Gasteiger partial charge in [0.25, 0.3) is 11.7 Å². The number of carbonyl (C=O) groups excluding carboxylic acids is 2. The van der Waals surface area contributed by atoms with Crippen LogP contribution in [0.3, 0.4) is 0 Å². The molecule has 2 heterocycles. The van der Waals surface area contributed by atoms with Crippen molar-refractivity contribution in [2.45, 2.75) is 13.0 Å². The molecule has 5 nitrogen and oxygen atoms in total. The van der Waals surface area contributed by atoms with E-state index in [1.54, 1.807) is 42.5 Å². The Bertz CT molecular complexity index is 1400. The molecule has 1 amide bonds. The summed E-state index contributed by atoms with van der Waals surface area (Å²) in [6.45, 7) is 1.83.